The molecule has 4 bridgehead atoms. The van der Waals surface area contributed by atoms with Gasteiger partial charge >= 0.3 is 0 Å². The third-order valence-electron chi connectivity index (χ3n) is 5.72. The van der Waals surface area contributed by atoms with E-state index in [9.17, 15) is 19.5 Å². The summed E-state index contributed by atoms with van der Waals surface area (Å²) in [7, 11) is 0. The van der Waals surface area contributed by atoms with Crippen molar-refractivity contribution in [2.24, 2.45) is 0 Å². The zero-order valence-corrected chi connectivity index (χ0v) is 21.2. The number of hydrogen-bond acceptors (Lipinski definition) is 9. The van der Waals surface area contributed by atoms with E-state index in [1.54, 1.807) is 12.1 Å². The number of amides is 3. The van der Waals surface area contributed by atoms with Crippen molar-refractivity contribution >= 4 is 35.4 Å². The highest BCUT2D eigenvalue weighted by Crippen LogP contribution is 2.29. The molecule has 1 aliphatic heterocycles. The number of aliphatic hydroxyl groups excluding tert-OH is 2. The van der Waals surface area contributed by atoms with E-state index >= 15 is 0 Å². The minimum absolute atomic E-state index is 0.0881. The maximum absolute atomic E-state index is 13.0. The van der Waals surface area contributed by atoms with Gasteiger partial charge in [-0.15, -0.1) is 11.8 Å². The van der Waals surface area contributed by atoms with Crippen molar-refractivity contribution in [2.75, 3.05) is 31.2 Å². The van der Waals surface area contributed by atoms with Gasteiger partial charge in [0.15, 0.2) is 0 Å². The molecule has 1 aromatic heterocycles. The molecule has 194 valence electrons. The zero-order valence-electron chi connectivity index (χ0n) is 20.3. The average molecular weight is 517 g/mol. The van der Waals surface area contributed by atoms with Crippen molar-refractivity contribution < 1.29 is 24.6 Å². The summed E-state index contributed by atoms with van der Waals surface area (Å²) < 4.78 is 0. The van der Waals surface area contributed by atoms with Crippen molar-refractivity contribution in [3.05, 3.63) is 34.9 Å². The molecule has 0 radical (unpaired) electrons. The molecule has 2 atom stereocenters. The molecule has 2 aromatic rings. The van der Waals surface area contributed by atoms with Crippen LogP contribution in [0.5, 0.6) is 0 Å². The Morgan fingerprint density at radius 1 is 1.22 bits per heavy atom. The lowest BCUT2D eigenvalue weighted by atomic mass is 9.97. The van der Waals surface area contributed by atoms with E-state index in [-0.39, 0.29) is 37.1 Å². The number of nitrogens with one attached hydrogen (secondary N) is 3. The molecule has 11 nitrogen and oxygen atoms in total. The fourth-order valence-electron chi connectivity index (χ4n) is 3.82. The molecule has 36 heavy (non-hydrogen) atoms. The lowest BCUT2D eigenvalue weighted by molar-refractivity contribution is -0.129. The number of benzene rings is 1. The van der Waals surface area contributed by atoms with Crippen molar-refractivity contribution in [3.63, 3.8) is 0 Å². The molecule has 7 N–H and O–H groups in total. The van der Waals surface area contributed by atoms with Gasteiger partial charge in [0.1, 0.15) is 11.1 Å². The molecule has 1 aliphatic rings. The molecule has 2 heterocycles. The number of aryl methyl sites for hydroxylation is 2. The van der Waals surface area contributed by atoms with Crippen LogP contribution in [0, 0.1) is 13.8 Å². The van der Waals surface area contributed by atoms with E-state index in [1.807, 2.05) is 19.9 Å². The number of aromatic nitrogens is 2. The average Bonchev–Trinajstić information content (AvgIpc) is 2.83. The van der Waals surface area contributed by atoms with Crippen LogP contribution >= 0.6 is 11.8 Å². The fourth-order valence-corrected chi connectivity index (χ4v) is 4.67. The minimum Gasteiger partial charge on any atom is -0.394 e. The number of nitrogen functional groups attached to an aromatic ring is 1. The third-order valence-corrected chi connectivity index (χ3v) is 6.63. The minimum atomic E-state index is -1.09. The Hall–Kier alpha value is -3.22. The van der Waals surface area contributed by atoms with Gasteiger partial charge in [0.2, 0.25) is 17.8 Å². The number of anilines is 1. The van der Waals surface area contributed by atoms with E-state index < -0.39 is 24.7 Å². The van der Waals surface area contributed by atoms with E-state index in [0.717, 1.165) is 16.7 Å². The highest BCUT2D eigenvalue weighted by Gasteiger charge is 2.22. The van der Waals surface area contributed by atoms with Crippen LogP contribution in [0.3, 0.4) is 0 Å². The lowest BCUT2D eigenvalue weighted by Gasteiger charge is -2.19. The van der Waals surface area contributed by atoms with Crippen molar-refractivity contribution in [1.29, 1.82) is 0 Å². The summed E-state index contributed by atoms with van der Waals surface area (Å²) in [5.74, 6) is -0.563. The summed E-state index contributed by atoms with van der Waals surface area (Å²) in [6.45, 7) is 3.46. The van der Waals surface area contributed by atoms with Crippen LogP contribution in [0.4, 0.5) is 5.95 Å². The first-order chi connectivity index (χ1) is 17.2. The van der Waals surface area contributed by atoms with E-state index in [1.165, 1.54) is 11.8 Å². The molecule has 0 saturated heterocycles. The SMILES string of the molecule is Cc1cc(C)c2cc1C(=O)NCCCC(C(=O)NC[C@H](O)CO)NC(=O)CCSc1cc-2nc(N)n1. The smallest absolute Gasteiger partial charge is 0.251 e. The molecule has 3 rings (SSSR count). The Morgan fingerprint density at radius 2 is 1.97 bits per heavy atom. The summed E-state index contributed by atoms with van der Waals surface area (Å²) in [6, 6.07) is 4.64. The van der Waals surface area contributed by atoms with Gasteiger partial charge in [-0.1, -0.05) is 6.07 Å². The number of nitrogens with zero attached hydrogens (tertiary/aromatic N) is 2. The number of carbonyl (C=O) groups is 3. The van der Waals surface area contributed by atoms with Gasteiger partial charge in [0.25, 0.3) is 5.91 Å². The van der Waals surface area contributed by atoms with Gasteiger partial charge in [-0.3, -0.25) is 14.4 Å². The zero-order chi connectivity index (χ0) is 26.2. The third kappa shape index (κ3) is 7.39. The number of aliphatic hydroxyl groups is 2. The molecule has 12 heteroatoms. The van der Waals surface area contributed by atoms with E-state index in [0.29, 0.717) is 35.0 Å². The van der Waals surface area contributed by atoms with Crippen LogP contribution in [0.1, 0.15) is 40.7 Å². The second-order valence-electron chi connectivity index (χ2n) is 8.63. The van der Waals surface area contributed by atoms with Crippen molar-refractivity contribution in [2.45, 2.75) is 50.3 Å². The Balaban J connectivity index is 1.86. The van der Waals surface area contributed by atoms with Gasteiger partial charge in [-0.2, -0.15) is 0 Å². The van der Waals surface area contributed by atoms with Crippen molar-refractivity contribution in [1.82, 2.24) is 25.9 Å². The summed E-state index contributed by atoms with van der Waals surface area (Å²) in [5.41, 5.74) is 9.57. The second kappa shape index (κ2) is 12.7. The number of nitrogens with two attached hydrogens (primary N) is 1. The monoisotopic (exact) mass is 516 g/mol. The van der Waals surface area contributed by atoms with Crippen LogP contribution in [-0.2, 0) is 9.59 Å². The second-order valence-corrected chi connectivity index (χ2v) is 9.75. The molecule has 0 spiro atoms. The Labute approximate surface area is 213 Å². The van der Waals surface area contributed by atoms with Gasteiger partial charge < -0.3 is 31.9 Å². The molecule has 3 amide bonds. The maximum atomic E-state index is 13.0. The van der Waals surface area contributed by atoms with Gasteiger partial charge in [-0.05, 0) is 49.9 Å². The highest BCUT2D eigenvalue weighted by atomic mass is 32.2. The summed E-state index contributed by atoms with van der Waals surface area (Å²) >= 11 is 1.34. The molecular weight excluding hydrogens is 484 g/mol. The number of fused-ring (bicyclic) bond motifs is 5. The number of rotatable bonds is 4. The molecular formula is C24H32N6O5S. The quantitative estimate of drug-likeness (QED) is 0.312. The standard InChI is InChI=1S/C24H32N6O5S/c1-13-8-14(2)17-9-16(13)19-10-21(30-24(25)29-19)36-7-5-20(33)28-18(4-3-6-26-22(17)34)23(35)27-11-15(32)12-31/h8-10,15,18,31-32H,3-7,11-12H2,1-2H3,(H,26,34)(H,27,35)(H,28,33)(H2,25,29,30)/t15-,18?/m0/s1. The summed E-state index contributed by atoms with van der Waals surface area (Å²) in [4.78, 5) is 46.8. The van der Waals surface area contributed by atoms with Gasteiger partial charge in [0.05, 0.1) is 18.4 Å². The van der Waals surface area contributed by atoms with E-state index in [2.05, 4.69) is 25.9 Å². The molecule has 0 aliphatic carbocycles. The number of thioether (sulfide) groups is 1. The first-order valence-corrected chi connectivity index (χ1v) is 12.7. The summed E-state index contributed by atoms with van der Waals surface area (Å²) in [5, 5.41) is 27.2. The Morgan fingerprint density at radius 3 is 2.72 bits per heavy atom. The summed E-state index contributed by atoms with van der Waals surface area (Å²) in [6.07, 6.45) is -0.246. The predicted molar refractivity (Wildman–Crippen MR) is 136 cm³/mol. The Bertz CT molecular complexity index is 1130. The highest BCUT2D eigenvalue weighted by molar-refractivity contribution is 7.99. The fraction of sp³-hybridized carbons (Fsp3) is 0.458. The van der Waals surface area contributed by atoms with Gasteiger partial charge in [-0.25, -0.2) is 9.97 Å². The topological polar surface area (TPSA) is 180 Å². The normalized spacial score (nSPS) is 17.9. The number of hydrogen-bond donors (Lipinski definition) is 6. The van der Waals surface area contributed by atoms with Crippen molar-refractivity contribution in [3.8, 4) is 11.3 Å². The van der Waals surface area contributed by atoms with Crippen LogP contribution in [0.25, 0.3) is 11.3 Å². The molecule has 0 fully saturated rings. The van der Waals surface area contributed by atoms with Gasteiger partial charge in [0, 0.05) is 36.4 Å². The predicted octanol–water partition coefficient (Wildman–Crippen LogP) is 0.303. The Kier molecular flexibility index (Phi) is 9.62. The lowest BCUT2D eigenvalue weighted by Crippen LogP contribution is -2.49. The largest absolute Gasteiger partial charge is 0.394 e. The molecule has 1 unspecified atom stereocenters. The number of carbonyl (C=O) groups excluding carboxylic acids is 3. The van der Waals surface area contributed by atoms with E-state index in [4.69, 9.17) is 10.8 Å². The molecule has 0 saturated carbocycles. The molecule has 1 aromatic carbocycles. The first kappa shape index (κ1) is 27.4. The van der Waals surface area contributed by atoms with Crippen LogP contribution < -0.4 is 21.7 Å². The maximum Gasteiger partial charge on any atom is 0.251 e. The first-order valence-electron chi connectivity index (χ1n) is 11.7. The van der Waals surface area contributed by atoms with Crippen LogP contribution in [0.15, 0.2) is 23.2 Å². The van der Waals surface area contributed by atoms with Crippen LogP contribution in [0.2, 0.25) is 0 Å². The van der Waals surface area contributed by atoms with Crippen LogP contribution in [-0.4, -0.2) is 75.5 Å².